The minimum Gasteiger partial charge on any atom is -0.0732 e. The van der Waals surface area contributed by atoms with E-state index in [2.05, 4.69) is 78.9 Å². The molecule has 20 heavy (non-hydrogen) atoms. The zero-order valence-electron chi connectivity index (χ0n) is 11.0. The molecule has 0 saturated carbocycles. The second kappa shape index (κ2) is 5.32. The molecule has 0 aliphatic heterocycles. The van der Waals surface area contributed by atoms with Gasteiger partial charge in [-0.1, -0.05) is 66.8 Å². The summed E-state index contributed by atoms with van der Waals surface area (Å²) in [5, 5.41) is 5.31. The molecule has 0 saturated heterocycles. The van der Waals surface area contributed by atoms with Gasteiger partial charge in [-0.3, -0.25) is 0 Å². The van der Waals surface area contributed by atoms with E-state index in [4.69, 9.17) is 0 Å². The number of allylic oxidation sites excluding steroid dienone is 4. The molecule has 0 nitrogen and oxygen atoms in total. The minimum atomic E-state index is 0. The van der Waals surface area contributed by atoms with Gasteiger partial charge in [0.1, 0.15) is 0 Å². The van der Waals surface area contributed by atoms with Crippen LogP contribution < -0.4 is 0 Å². The van der Waals surface area contributed by atoms with Crippen molar-refractivity contribution < 1.29 is 18.6 Å². The minimum absolute atomic E-state index is 0. The molecule has 95 valence electrons. The molecule has 1 heteroatoms. The van der Waals surface area contributed by atoms with Crippen LogP contribution in [0.5, 0.6) is 0 Å². The Bertz CT molecular complexity index is 815. The molecular formula is C19H14V. The van der Waals surface area contributed by atoms with Gasteiger partial charge in [-0.25, -0.2) is 0 Å². The number of hydrogen-bond donors (Lipinski definition) is 0. The summed E-state index contributed by atoms with van der Waals surface area (Å²) < 4.78 is 0. The van der Waals surface area contributed by atoms with Gasteiger partial charge in [-0.2, -0.15) is 0 Å². The third-order valence-electron chi connectivity index (χ3n) is 3.89. The van der Waals surface area contributed by atoms with Crippen molar-refractivity contribution in [3.05, 3.63) is 84.5 Å². The van der Waals surface area contributed by atoms with E-state index in [0.29, 0.717) is 5.92 Å². The summed E-state index contributed by atoms with van der Waals surface area (Å²) in [4.78, 5) is 0. The van der Waals surface area contributed by atoms with Crippen molar-refractivity contribution in [1.29, 1.82) is 0 Å². The molecule has 4 rings (SSSR count). The first kappa shape index (κ1) is 13.2. The van der Waals surface area contributed by atoms with E-state index in [0.717, 1.165) is 0 Å². The van der Waals surface area contributed by atoms with Gasteiger partial charge in [0.15, 0.2) is 0 Å². The molecule has 0 aromatic heterocycles. The van der Waals surface area contributed by atoms with Crippen LogP contribution >= 0.6 is 0 Å². The van der Waals surface area contributed by atoms with Crippen molar-refractivity contribution in [3.63, 3.8) is 0 Å². The van der Waals surface area contributed by atoms with Gasteiger partial charge in [0.2, 0.25) is 0 Å². The molecule has 0 fully saturated rings. The topological polar surface area (TPSA) is 0 Å². The summed E-state index contributed by atoms with van der Waals surface area (Å²) in [6, 6.07) is 19.8. The zero-order chi connectivity index (χ0) is 12.7. The van der Waals surface area contributed by atoms with Crippen LogP contribution in [0.15, 0.2) is 78.9 Å². The van der Waals surface area contributed by atoms with E-state index in [9.17, 15) is 0 Å². The Balaban J connectivity index is 0.00000121. The van der Waals surface area contributed by atoms with Crippen LogP contribution in [0.1, 0.15) is 11.5 Å². The molecule has 0 amide bonds. The molecule has 3 aromatic rings. The van der Waals surface area contributed by atoms with Gasteiger partial charge in [0.25, 0.3) is 0 Å². The fourth-order valence-electron chi connectivity index (χ4n) is 2.92. The van der Waals surface area contributed by atoms with Crippen molar-refractivity contribution in [2.45, 2.75) is 5.92 Å². The second-order valence-corrected chi connectivity index (χ2v) is 5.06. The first-order valence-corrected chi connectivity index (χ1v) is 6.68. The molecular weight excluding hydrogens is 279 g/mol. The van der Waals surface area contributed by atoms with Gasteiger partial charge in [-0.05, 0) is 39.2 Å². The van der Waals surface area contributed by atoms with Crippen LogP contribution in [0, 0.1) is 0 Å². The summed E-state index contributed by atoms with van der Waals surface area (Å²) in [5.74, 6) is 0.421. The Labute approximate surface area is 130 Å². The first-order valence-electron chi connectivity index (χ1n) is 6.68. The third kappa shape index (κ3) is 2.12. The Morgan fingerprint density at radius 2 is 1.30 bits per heavy atom. The Kier molecular flexibility index (Phi) is 3.52. The van der Waals surface area contributed by atoms with Crippen LogP contribution in [0.2, 0.25) is 0 Å². The zero-order valence-corrected chi connectivity index (χ0v) is 12.4. The molecule has 0 unspecified atom stereocenters. The molecule has 0 atom stereocenters. The van der Waals surface area contributed by atoms with Crippen molar-refractivity contribution in [1.82, 2.24) is 0 Å². The maximum absolute atomic E-state index is 2.32. The van der Waals surface area contributed by atoms with Crippen molar-refractivity contribution in [2.75, 3.05) is 0 Å². The smallest absolute Gasteiger partial charge is 0.0211 e. The maximum atomic E-state index is 2.32. The van der Waals surface area contributed by atoms with Gasteiger partial charge in [-0.15, -0.1) is 0 Å². The van der Waals surface area contributed by atoms with Crippen LogP contribution in [0.25, 0.3) is 21.5 Å². The average molecular weight is 293 g/mol. The van der Waals surface area contributed by atoms with Crippen LogP contribution in [-0.2, 0) is 18.6 Å². The standard InChI is InChI=1S/C19H14.V/c1-2-7-14(6-1)18-11-5-10-17-12-15-8-3-4-9-16(15)13-19(17)18;/h1-14H;. The first-order chi connectivity index (χ1) is 9.42. The molecule has 3 aromatic carbocycles. The van der Waals surface area contributed by atoms with E-state index in [-0.39, 0.29) is 18.6 Å². The normalized spacial score (nSPS) is 14.0. The van der Waals surface area contributed by atoms with Gasteiger partial charge in [0, 0.05) is 24.5 Å². The van der Waals surface area contributed by atoms with Crippen LogP contribution in [0.3, 0.4) is 0 Å². The molecule has 0 spiro atoms. The van der Waals surface area contributed by atoms with E-state index < -0.39 is 0 Å². The Morgan fingerprint density at radius 3 is 2.05 bits per heavy atom. The number of fused-ring (bicyclic) bond motifs is 2. The van der Waals surface area contributed by atoms with Crippen molar-refractivity contribution in [2.24, 2.45) is 0 Å². The summed E-state index contributed by atoms with van der Waals surface area (Å²) in [5.41, 5.74) is 1.40. The number of hydrogen-bond acceptors (Lipinski definition) is 0. The van der Waals surface area contributed by atoms with E-state index in [1.165, 1.54) is 27.1 Å². The number of benzene rings is 3. The molecule has 1 radical (unpaired) electrons. The molecule has 1 aliphatic rings. The van der Waals surface area contributed by atoms with Crippen LogP contribution in [0.4, 0.5) is 0 Å². The van der Waals surface area contributed by atoms with E-state index in [1.807, 2.05) is 0 Å². The largest absolute Gasteiger partial charge is 0.0732 e. The predicted molar refractivity (Wildman–Crippen MR) is 82.5 cm³/mol. The van der Waals surface area contributed by atoms with E-state index >= 15 is 0 Å². The quantitative estimate of drug-likeness (QED) is 0.541. The summed E-state index contributed by atoms with van der Waals surface area (Å²) in [6.07, 6.45) is 8.77. The van der Waals surface area contributed by atoms with E-state index in [1.54, 1.807) is 0 Å². The molecule has 0 bridgehead atoms. The Morgan fingerprint density at radius 1 is 0.650 bits per heavy atom. The fraction of sp³-hybridized carbons (Fsp3) is 0.0526. The third-order valence-corrected chi connectivity index (χ3v) is 3.89. The molecule has 1 aliphatic carbocycles. The summed E-state index contributed by atoms with van der Waals surface area (Å²) >= 11 is 0. The fourth-order valence-corrected chi connectivity index (χ4v) is 2.92. The maximum Gasteiger partial charge on any atom is 0.0211 e. The monoisotopic (exact) mass is 293 g/mol. The van der Waals surface area contributed by atoms with Gasteiger partial charge >= 0.3 is 0 Å². The van der Waals surface area contributed by atoms with Crippen molar-refractivity contribution >= 4 is 21.5 Å². The number of rotatable bonds is 1. The van der Waals surface area contributed by atoms with Gasteiger partial charge in [0.05, 0.1) is 0 Å². The summed E-state index contributed by atoms with van der Waals surface area (Å²) in [7, 11) is 0. The molecule has 0 heterocycles. The SMILES string of the molecule is C1=CC(c2cccc3cc4ccccc4cc23)C=C1.[V]. The van der Waals surface area contributed by atoms with Crippen molar-refractivity contribution in [3.8, 4) is 0 Å². The van der Waals surface area contributed by atoms with Crippen LogP contribution in [-0.4, -0.2) is 0 Å². The second-order valence-electron chi connectivity index (χ2n) is 5.06. The summed E-state index contributed by atoms with van der Waals surface area (Å²) in [6.45, 7) is 0. The Hall–Kier alpha value is -1.76. The predicted octanol–water partition coefficient (Wildman–Crippen LogP) is 5.20. The average Bonchev–Trinajstić information content (AvgIpc) is 2.98. The van der Waals surface area contributed by atoms with Gasteiger partial charge < -0.3 is 0 Å². The molecule has 0 N–H and O–H groups in total.